The van der Waals surface area contributed by atoms with Gasteiger partial charge in [0.05, 0.1) is 11.6 Å². The van der Waals surface area contributed by atoms with E-state index in [-0.39, 0.29) is 0 Å². The molecule has 0 N–H and O–H groups in total. The van der Waals surface area contributed by atoms with Crippen LogP contribution >= 0.6 is 22.9 Å². The highest BCUT2D eigenvalue weighted by molar-refractivity contribution is 7.19. The summed E-state index contributed by atoms with van der Waals surface area (Å²) in [7, 11) is 0. The van der Waals surface area contributed by atoms with Crippen LogP contribution in [0, 0.1) is 0 Å². The summed E-state index contributed by atoms with van der Waals surface area (Å²) < 4.78 is 6.98. The van der Waals surface area contributed by atoms with Crippen LogP contribution in [0.5, 0.6) is 0 Å². The Morgan fingerprint density at radius 1 is 1.29 bits per heavy atom. The molecule has 0 radical (unpaired) electrons. The highest BCUT2D eigenvalue weighted by atomic mass is 35.5. The molecule has 0 fully saturated rings. The second-order valence-electron chi connectivity index (χ2n) is 5.07. The van der Waals surface area contributed by atoms with Gasteiger partial charge in [-0.1, -0.05) is 0 Å². The maximum Gasteiger partial charge on any atom is 0.227 e. The van der Waals surface area contributed by atoms with Crippen LogP contribution in [0.15, 0.2) is 22.8 Å². The second kappa shape index (κ2) is 4.05. The molecule has 0 amide bonds. The predicted octanol–water partition coefficient (Wildman–Crippen LogP) is 3.74. The lowest BCUT2D eigenvalue weighted by molar-refractivity contribution is 0.577. The average Bonchev–Trinajstić information content (AvgIpc) is 3.21. The standard InChI is InChI=1S/C14H9ClN4OS/c15-14-17-13-10(7-3-1-5-9(7)21-13)12-16-11(18-19(12)14)8-4-2-6-20-8/h2,4,6H,1,3,5H2. The fourth-order valence-corrected chi connectivity index (χ4v) is 4.45. The lowest BCUT2D eigenvalue weighted by Gasteiger charge is -1.98. The molecule has 0 saturated heterocycles. The zero-order valence-corrected chi connectivity index (χ0v) is 12.4. The van der Waals surface area contributed by atoms with Gasteiger partial charge in [-0.25, -0.2) is 9.97 Å². The molecule has 0 saturated carbocycles. The molecular formula is C14H9ClN4OS. The normalized spacial score (nSPS) is 14.3. The van der Waals surface area contributed by atoms with Crippen LogP contribution in [0.4, 0.5) is 0 Å². The van der Waals surface area contributed by atoms with Crippen molar-refractivity contribution in [3.8, 4) is 11.6 Å². The van der Waals surface area contributed by atoms with Crippen molar-refractivity contribution in [2.24, 2.45) is 0 Å². The van der Waals surface area contributed by atoms with Crippen molar-refractivity contribution in [3.63, 3.8) is 0 Å². The summed E-state index contributed by atoms with van der Waals surface area (Å²) in [6.07, 6.45) is 5.01. The Labute approximate surface area is 128 Å². The molecule has 7 heteroatoms. The summed E-state index contributed by atoms with van der Waals surface area (Å²) in [5.41, 5.74) is 2.14. The third-order valence-electron chi connectivity index (χ3n) is 3.84. The average molecular weight is 317 g/mol. The monoisotopic (exact) mass is 316 g/mol. The zero-order chi connectivity index (χ0) is 14.0. The minimum Gasteiger partial charge on any atom is -0.461 e. The third-order valence-corrected chi connectivity index (χ3v) is 5.27. The van der Waals surface area contributed by atoms with Gasteiger partial charge in [0, 0.05) is 4.88 Å². The Hall–Kier alpha value is -1.92. The Morgan fingerprint density at radius 3 is 3.10 bits per heavy atom. The lowest BCUT2D eigenvalue weighted by Crippen LogP contribution is -1.94. The number of hydrogen-bond acceptors (Lipinski definition) is 5. The van der Waals surface area contributed by atoms with E-state index < -0.39 is 0 Å². The number of rotatable bonds is 1. The van der Waals surface area contributed by atoms with E-state index in [4.69, 9.17) is 16.0 Å². The third kappa shape index (κ3) is 1.54. The topological polar surface area (TPSA) is 56.2 Å². The molecule has 4 aromatic heterocycles. The fourth-order valence-electron chi connectivity index (χ4n) is 2.94. The first kappa shape index (κ1) is 11.7. The van der Waals surface area contributed by atoms with Gasteiger partial charge >= 0.3 is 0 Å². The molecule has 21 heavy (non-hydrogen) atoms. The van der Waals surface area contributed by atoms with Crippen molar-refractivity contribution in [1.82, 2.24) is 19.6 Å². The molecule has 0 atom stereocenters. The van der Waals surface area contributed by atoms with Crippen LogP contribution in [0.3, 0.4) is 0 Å². The maximum absolute atomic E-state index is 6.26. The first-order valence-electron chi connectivity index (χ1n) is 6.71. The number of nitrogens with zero attached hydrogens (tertiary/aromatic N) is 4. The maximum atomic E-state index is 6.26. The van der Waals surface area contributed by atoms with E-state index in [0.717, 1.165) is 28.7 Å². The zero-order valence-electron chi connectivity index (χ0n) is 10.8. The lowest BCUT2D eigenvalue weighted by atomic mass is 10.2. The molecule has 104 valence electrons. The van der Waals surface area contributed by atoms with E-state index in [0.29, 0.717) is 16.9 Å². The number of hydrogen-bond donors (Lipinski definition) is 0. The summed E-state index contributed by atoms with van der Waals surface area (Å²) in [6, 6.07) is 3.66. The molecular weight excluding hydrogens is 308 g/mol. The number of aryl methyl sites for hydroxylation is 2. The van der Waals surface area contributed by atoms with E-state index in [9.17, 15) is 0 Å². The minimum absolute atomic E-state index is 0.336. The second-order valence-corrected chi connectivity index (χ2v) is 6.49. The Kier molecular flexibility index (Phi) is 2.26. The molecule has 4 heterocycles. The summed E-state index contributed by atoms with van der Waals surface area (Å²) in [5.74, 6) is 1.17. The SMILES string of the molecule is Clc1nc2sc3c(c2c2nc(-c4ccco4)nn12)CCC3. The van der Waals surface area contributed by atoms with Crippen LogP contribution in [-0.2, 0) is 12.8 Å². The van der Waals surface area contributed by atoms with E-state index in [1.54, 1.807) is 22.1 Å². The van der Waals surface area contributed by atoms with Gasteiger partial charge in [0.25, 0.3) is 0 Å². The van der Waals surface area contributed by atoms with Crippen molar-refractivity contribution in [2.75, 3.05) is 0 Å². The molecule has 4 aromatic rings. The molecule has 0 bridgehead atoms. The van der Waals surface area contributed by atoms with Crippen LogP contribution in [0.25, 0.3) is 27.4 Å². The fraction of sp³-hybridized carbons (Fsp3) is 0.214. The first-order valence-corrected chi connectivity index (χ1v) is 7.91. The Balaban J connectivity index is 1.91. The van der Waals surface area contributed by atoms with Crippen molar-refractivity contribution in [2.45, 2.75) is 19.3 Å². The van der Waals surface area contributed by atoms with Crippen LogP contribution in [0.1, 0.15) is 16.9 Å². The molecule has 0 aromatic carbocycles. The largest absolute Gasteiger partial charge is 0.461 e. The van der Waals surface area contributed by atoms with Crippen molar-refractivity contribution in [3.05, 3.63) is 34.1 Å². The smallest absolute Gasteiger partial charge is 0.227 e. The van der Waals surface area contributed by atoms with Gasteiger partial charge in [-0.3, -0.25) is 0 Å². The molecule has 1 aliphatic rings. The van der Waals surface area contributed by atoms with Gasteiger partial charge in [-0.15, -0.1) is 16.4 Å². The van der Waals surface area contributed by atoms with Gasteiger partial charge in [-0.05, 0) is 48.6 Å². The predicted molar refractivity (Wildman–Crippen MR) is 80.9 cm³/mol. The molecule has 0 unspecified atom stereocenters. The van der Waals surface area contributed by atoms with Crippen molar-refractivity contribution in [1.29, 1.82) is 0 Å². The van der Waals surface area contributed by atoms with Crippen LogP contribution in [-0.4, -0.2) is 19.6 Å². The molecule has 5 nitrogen and oxygen atoms in total. The summed E-state index contributed by atoms with van der Waals surface area (Å²) in [4.78, 5) is 11.5. The van der Waals surface area contributed by atoms with Gasteiger partial charge in [0.2, 0.25) is 11.1 Å². The number of fused-ring (bicyclic) bond motifs is 5. The van der Waals surface area contributed by atoms with Crippen molar-refractivity contribution < 1.29 is 4.42 Å². The van der Waals surface area contributed by atoms with Crippen molar-refractivity contribution >= 4 is 38.8 Å². The number of aromatic nitrogens is 4. The van der Waals surface area contributed by atoms with E-state index in [2.05, 4.69) is 15.1 Å². The van der Waals surface area contributed by atoms with E-state index in [1.807, 2.05) is 12.1 Å². The van der Waals surface area contributed by atoms with Crippen LogP contribution in [0.2, 0.25) is 5.28 Å². The minimum atomic E-state index is 0.336. The molecule has 1 aliphatic carbocycles. The first-order chi connectivity index (χ1) is 10.3. The van der Waals surface area contributed by atoms with E-state index in [1.165, 1.54) is 16.9 Å². The Bertz CT molecular complexity index is 986. The number of halogens is 1. The molecule has 0 spiro atoms. The summed E-state index contributed by atoms with van der Waals surface area (Å²) in [5, 5.41) is 5.87. The molecule has 5 rings (SSSR count). The van der Waals surface area contributed by atoms with Gasteiger partial charge in [0.15, 0.2) is 11.4 Å². The summed E-state index contributed by atoms with van der Waals surface area (Å²) in [6.45, 7) is 0. The Morgan fingerprint density at radius 2 is 2.24 bits per heavy atom. The van der Waals surface area contributed by atoms with Crippen LogP contribution < -0.4 is 0 Å². The molecule has 0 aliphatic heterocycles. The summed E-state index contributed by atoms with van der Waals surface area (Å²) >= 11 is 7.98. The van der Waals surface area contributed by atoms with Gasteiger partial charge in [-0.2, -0.15) is 4.52 Å². The van der Waals surface area contributed by atoms with Gasteiger partial charge < -0.3 is 4.42 Å². The quantitative estimate of drug-likeness (QED) is 0.502. The van der Waals surface area contributed by atoms with E-state index >= 15 is 0 Å². The number of furan rings is 1. The van der Waals surface area contributed by atoms with Gasteiger partial charge in [0.1, 0.15) is 4.83 Å². The highest BCUT2D eigenvalue weighted by Gasteiger charge is 2.23. The number of thiophene rings is 1. The highest BCUT2D eigenvalue weighted by Crippen LogP contribution is 2.39.